The van der Waals surface area contributed by atoms with Crippen molar-refractivity contribution in [2.45, 2.75) is 51.5 Å². The van der Waals surface area contributed by atoms with Crippen LogP contribution in [0.15, 0.2) is 0 Å². The molecule has 1 fully saturated rings. The summed E-state index contributed by atoms with van der Waals surface area (Å²) in [5, 5.41) is 11.5. The molecular weight excluding hydrogens is 194 g/mol. The van der Waals surface area contributed by atoms with Crippen molar-refractivity contribution in [3.8, 4) is 0 Å². The van der Waals surface area contributed by atoms with E-state index < -0.39 is 5.97 Å². The van der Waals surface area contributed by atoms with E-state index in [1.807, 2.05) is 0 Å². The quantitative estimate of drug-likeness (QED) is 0.744. The molecule has 0 saturated heterocycles. The molecule has 0 aromatic heterocycles. The highest BCUT2D eigenvalue weighted by atomic mass is 16.4. The standard InChI is InChI=1S/C11H19NO3/c1-8(13)12-10-5-3-2-4-9(10)6-7-11(14)15/h9-10H,2-7H2,1H3,(H,12,13)(H,14,15). The molecule has 1 amide bonds. The maximum absolute atomic E-state index is 11.0. The van der Waals surface area contributed by atoms with Crippen LogP contribution in [0, 0.1) is 5.92 Å². The van der Waals surface area contributed by atoms with Gasteiger partial charge in [-0.05, 0) is 25.2 Å². The Hall–Kier alpha value is -1.06. The number of nitrogens with one attached hydrogen (secondary N) is 1. The topological polar surface area (TPSA) is 66.4 Å². The fraction of sp³-hybridized carbons (Fsp3) is 0.818. The summed E-state index contributed by atoms with van der Waals surface area (Å²) in [6, 6.07) is 0.190. The molecule has 2 unspecified atom stereocenters. The first-order chi connectivity index (χ1) is 7.09. The van der Waals surface area contributed by atoms with Crippen molar-refractivity contribution >= 4 is 11.9 Å². The maximum Gasteiger partial charge on any atom is 0.303 e. The van der Waals surface area contributed by atoms with Gasteiger partial charge in [-0.15, -0.1) is 0 Å². The van der Waals surface area contributed by atoms with Crippen LogP contribution >= 0.6 is 0 Å². The molecule has 0 aromatic carbocycles. The molecule has 0 aliphatic heterocycles. The molecule has 0 spiro atoms. The summed E-state index contributed by atoms with van der Waals surface area (Å²) < 4.78 is 0. The van der Waals surface area contributed by atoms with Crippen LogP contribution in [0.2, 0.25) is 0 Å². The molecule has 0 radical (unpaired) electrons. The minimum absolute atomic E-state index is 0.0118. The molecule has 86 valence electrons. The highest BCUT2D eigenvalue weighted by Gasteiger charge is 2.25. The first-order valence-electron chi connectivity index (χ1n) is 5.58. The fourth-order valence-corrected chi connectivity index (χ4v) is 2.31. The van der Waals surface area contributed by atoms with Crippen LogP contribution < -0.4 is 5.32 Å². The Morgan fingerprint density at radius 1 is 1.33 bits per heavy atom. The lowest BCUT2D eigenvalue weighted by Gasteiger charge is -2.31. The Balaban J connectivity index is 2.42. The Labute approximate surface area is 90.0 Å². The van der Waals surface area contributed by atoms with Gasteiger partial charge < -0.3 is 10.4 Å². The predicted octanol–water partition coefficient (Wildman–Crippen LogP) is 1.55. The summed E-state index contributed by atoms with van der Waals surface area (Å²) >= 11 is 0. The van der Waals surface area contributed by atoms with Crippen LogP contribution in [0.4, 0.5) is 0 Å². The maximum atomic E-state index is 11.0. The van der Waals surface area contributed by atoms with E-state index in [4.69, 9.17) is 5.11 Å². The van der Waals surface area contributed by atoms with Gasteiger partial charge in [0.2, 0.25) is 5.91 Å². The van der Waals surface area contributed by atoms with Gasteiger partial charge in [0.25, 0.3) is 0 Å². The van der Waals surface area contributed by atoms with Crippen LogP contribution in [-0.2, 0) is 9.59 Å². The third-order valence-corrected chi connectivity index (χ3v) is 3.03. The molecule has 4 heteroatoms. The highest BCUT2D eigenvalue weighted by Crippen LogP contribution is 2.28. The minimum atomic E-state index is -0.748. The van der Waals surface area contributed by atoms with Crippen molar-refractivity contribution in [1.82, 2.24) is 5.32 Å². The highest BCUT2D eigenvalue weighted by molar-refractivity contribution is 5.73. The molecule has 4 nitrogen and oxygen atoms in total. The average molecular weight is 213 g/mol. The number of carboxylic acid groups (broad SMARTS) is 1. The van der Waals surface area contributed by atoms with E-state index in [-0.39, 0.29) is 18.4 Å². The van der Waals surface area contributed by atoms with Crippen LogP contribution in [0.3, 0.4) is 0 Å². The van der Waals surface area contributed by atoms with E-state index in [1.54, 1.807) is 0 Å². The van der Waals surface area contributed by atoms with Crippen LogP contribution in [0.25, 0.3) is 0 Å². The largest absolute Gasteiger partial charge is 0.481 e. The minimum Gasteiger partial charge on any atom is -0.481 e. The molecular formula is C11H19NO3. The normalized spacial score (nSPS) is 25.9. The van der Waals surface area contributed by atoms with Crippen molar-refractivity contribution in [1.29, 1.82) is 0 Å². The third kappa shape index (κ3) is 4.32. The lowest BCUT2D eigenvalue weighted by molar-refractivity contribution is -0.137. The molecule has 2 N–H and O–H groups in total. The third-order valence-electron chi connectivity index (χ3n) is 3.03. The summed E-state index contributed by atoms with van der Waals surface area (Å²) in [4.78, 5) is 21.5. The fourth-order valence-electron chi connectivity index (χ4n) is 2.31. The summed E-state index contributed by atoms with van der Waals surface area (Å²) in [6.45, 7) is 1.52. The smallest absolute Gasteiger partial charge is 0.303 e. The SMILES string of the molecule is CC(=O)NC1CCCCC1CCC(=O)O. The molecule has 1 aliphatic carbocycles. The zero-order valence-corrected chi connectivity index (χ0v) is 9.16. The molecule has 15 heavy (non-hydrogen) atoms. The van der Waals surface area contributed by atoms with E-state index in [1.165, 1.54) is 6.92 Å². The summed E-state index contributed by atoms with van der Waals surface area (Å²) in [5.74, 6) is -0.414. The molecule has 1 rings (SSSR count). The van der Waals surface area contributed by atoms with E-state index in [9.17, 15) is 9.59 Å². The number of carbonyl (C=O) groups is 2. The summed E-state index contributed by atoms with van der Waals surface area (Å²) in [6.07, 6.45) is 5.21. The first-order valence-corrected chi connectivity index (χ1v) is 5.58. The van der Waals surface area contributed by atoms with E-state index in [0.29, 0.717) is 12.3 Å². The Bertz CT molecular complexity index is 240. The van der Waals surface area contributed by atoms with Gasteiger partial charge in [0.05, 0.1) is 0 Å². The predicted molar refractivity (Wildman–Crippen MR) is 56.4 cm³/mol. The van der Waals surface area contributed by atoms with Crippen molar-refractivity contribution < 1.29 is 14.7 Å². The molecule has 0 bridgehead atoms. The number of rotatable bonds is 4. The van der Waals surface area contributed by atoms with Crippen LogP contribution in [-0.4, -0.2) is 23.0 Å². The number of hydrogen-bond donors (Lipinski definition) is 2. The number of amides is 1. The van der Waals surface area contributed by atoms with Gasteiger partial charge in [-0.1, -0.05) is 12.8 Å². The van der Waals surface area contributed by atoms with E-state index in [2.05, 4.69) is 5.32 Å². The van der Waals surface area contributed by atoms with Gasteiger partial charge in [-0.2, -0.15) is 0 Å². The molecule has 1 aliphatic rings. The van der Waals surface area contributed by atoms with Gasteiger partial charge in [-0.25, -0.2) is 0 Å². The lowest BCUT2D eigenvalue weighted by Crippen LogP contribution is -2.41. The summed E-state index contributed by atoms with van der Waals surface area (Å²) in [5.41, 5.74) is 0. The molecule has 2 atom stereocenters. The molecule has 1 saturated carbocycles. The second-order valence-corrected chi connectivity index (χ2v) is 4.28. The molecule has 0 aromatic rings. The van der Waals surface area contributed by atoms with Crippen molar-refractivity contribution in [2.75, 3.05) is 0 Å². The molecule has 0 heterocycles. The second-order valence-electron chi connectivity index (χ2n) is 4.28. The number of carbonyl (C=O) groups excluding carboxylic acids is 1. The van der Waals surface area contributed by atoms with Crippen LogP contribution in [0.1, 0.15) is 45.4 Å². The zero-order valence-electron chi connectivity index (χ0n) is 9.16. The van der Waals surface area contributed by atoms with E-state index in [0.717, 1.165) is 25.7 Å². The van der Waals surface area contributed by atoms with Crippen LogP contribution in [0.5, 0.6) is 0 Å². The van der Waals surface area contributed by atoms with Gasteiger partial charge in [0, 0.05) is 19.4 Å². The Morgan fingerprint density at radius 2 is 2.00 bits per heavy atom. The van der Waals surface area contributed by atoms with E-state index >= 15 is 0 Å². The summed E-state index contributed by atoms with van der Waals surface area (Å²) in [7, 11) is 0. The lowest BCUT2D eigenvalue weighted by atomic mass is 9.81. The Morgan fingerprint density at radius 3 is 2.60 bits per heavy atom. The number of hydrogen-bond acceptors (Lipinski definition) is 2. The van der Waals surface area contributed by atoms with Crippen molar-refractivity contribution in [2.24, 2.45) is 5.92 Å². The second kappa shape index (κ2) is 5.73. The number of carboxylic acids is 1. The average Bonchev–Trinajstić information content (AvgIpc) is 2.15. The van der Waals surface area contributed by atoms with Gasteiger partial charge in [0.1, 0.15) is 0 Å². The van der Waals surface area contributed by atoms with Crippen molar-refractivity contribution in [3.05, 3.63) is 0 Å². The monoisotopic (exact) mass is 213 g/mol. The zero-order chi connectivity index (χ0) is 11.3. The van der Waals surface area contributed by atoms with Crippen molar-refractivity contribution in [3.63, 3.8) is 0 Å². The van der Waals surface area contributed by atoms with Gasteiger partial charge >= 0.3 is 5.97 Å². The number of aliphatic carboxylic acids is 1. The van der Waals surface area contributed by atoms with Gasteiger partial charge in [-0.3, -0.25) is 9.59 Å². The van der Waals surface area contributed by atoms with Gasteiger partial charge in [0.15, 0.2) is 0 Å². The first kappa shape index (κ1) is 12.0. The Kier molecular flexibility index (Phi) is 4.59.